The van der Waals surface area contributed by atoms with E-state index in [2.05, 4.69) is 42.3 Å². The van der Waals surface area contributed by atoms with E-state index in [4.69, 9.17) is 0 Å². The van der Waals surface area contributed by atoms with Gasteiger partial charge in [0, 0.05) is 17.8 Å². The average molecular weight is 336 g/mol. The Bertz CT molecular complexity index is 728. The van der Waals surface area contributed by atoms with Gasteiger partial charge in [0.15, 0.2) is 0 Å². The molecule has 0 aromatic heterocycles. The van der Waals surface area contributed by atoms with Crippen molar-refractivity contribution in [1.29, 1.82) is 0 Å². The molecule has 25 heavy (non-hydrogen) atoms. The number of amides is 1. The molecule has 3 rings (SSSR count). The van der Waals surface area contributed by atoms with Crippen LogP contribution in [-0.2, 0) is 6.54 Å². The fourth-order valence-corrected chi connectivity index (χ4v) is 3.49. The molecule has 3 heteroatoms. The molecule has 0 radical (unpaired) electrons. The zero-order valence-electron chi connectivity index (χ0n) is 15.5. The number of carbonyl (C=O) groups excluding carboxylic acids is 1. The van der Waals surface area contributed by atoms with Crippen LogP contribution in [0.3, 0.4) is 0 Å². The molecule has 1 aliphatic heterocycles. The number of aryl methyl sites for hydroxylation is 1. The van der Waals surface area contributed by atoms with Gasteiger partial charge in [0.2, 0.25) is 0 Å². The lowest BCUT2D eigenvalue weighted by Gasteiger charge is -2.17. The van der Waals surface area contributed by atoms with Crippen LogP contribution in [0.1, 0.15) is 59.7 Å². The monoisotopic (exact) mass is 336 g/mol. The molecule has 0 aliphatic carbocycles. The van der Waals surface area contributed by atoms with Crippen molar-refractivity contribution in [3.8, 4) is 0 Å². The Morgan fingerprint density at radius 1 is 1.08 bits per heavy atom. The lowest BCUT2D eigenvalue weighted by molar-refractivity contribution is 0.102. The zero-order chi connectivity index (χ0) is 17.8. The zero-order valence-corrected chi connectivity index (χ0v) is 15.5. The fraction of sp³-hybridized carbons (Fsp3) is 0.409. The van der Waals surface area contributed by atoms with Crippen LogP contribution in [0.2, 0.25) is 0 Å². The van der Waals surface area contributed by atoms with Gasteiger partial charge in [0.25, 0.3) is 5.91 Å². The largest absolute Gasteiger partial charge is 0.321 e. The highest BCUT2D eigenvalue weighted by Crippen LogP contribution is 2.28. The Balaban J connectivity index is 1.71. The van der Waals surface area contributed by atoms with Gasteiger partial charge >= 0.3 is 0 Å². The summed E-state index contributed by atoms with van der Waals surface area (Å²) >= 11 is 0. The normalized spacial score (nSPS) is 14.9. The van der Waals surface area contributed by atoms with E-state index in [1.54, 1.807) is 0 Å². The van der Waals surface area contributed by atoms with Crippen LogP contribution in [0, 0.1) is 6.92 Å². The van der Waals surface area contributed by atoms with E-state index in [0.717, 1.165) is 17.8 Å². The number of likely N-dealkylation sites (tertiary alicyclic amines) is 1. The minimum atomic E-state index is -0.0380. The van der Waals surface area contributed by atoms with E-state index in [0.29, 0.717) is 11.5 Å². The molecule has 1 aliphatic rings. The van der Waals surface area contributed by atoms with Gasteiger partial charge in [0.1, 0.15) is 0 Å². The van der Waals surface area contributed by atoms with Crippen LogP contribution in [0.5, 0.6) is 0 Å². The summed E-state index contributed by atoms with van der Waals surface area (Å²) in [5.41, 5.74) is 5.22. The molecule has 3 nitrogen and oxygen atoms in total. The van der Waals surface area contributed by atoms with Gasteiger partial charge < -0.3 is 5.32 Å². The van der Waals surface area contributed by atoms with Gasteiger partial charge in [-0.15, -0.1) is 0 Å². The SMILES string of the molecule is Cc1cccc(C(C)C)c1NC(=O)c1ccc(CN2CCCC2)cc1. The van der Waals surface area contributed by atoms with E-state index >= 15 is 0 Å². The third-order valence-electron chi connectivity index (χ3n) is 4.99. The number of anilines is 1. The first-order chi connectivity index (χ1) is 12.0. The van der Waals surface area contributed by atoms with Gasteiger partial charge in [0.05, 0.1) is 0 Å². The van der Waals surface area contributed by atoms with Gasteiger partial charge in [-0.05, 0) is 67.6 Å². The summed E-state index contributed by atoms with van der Waals surface area (Å²) < 4.78 is 0. The highest BCUT2D eigenvalue weighted by atomic mass is 16.1. The highest BCUT2D eigenvalue weighted by Gasteiger charge is 2.14. The summed E-state index contributed by atoms with van der Waals surface area (Å²) in [6.45, 7) is 9.70. The molecule has 1 saturated heterocycles. The van der Waals surface area contributed by atoms with E-state index in [1.807, 2.05) is 31.2 Å². The van der Waals surface area contributed by atoms with Crippen molar-refractivity contribution in [2.24, 2.45) is 0 Å². The molecule has 0 unspecified atom stereocenters. The standard InChI is InChI=1S/C22H28N2O/c1-16(2)20-8-6-7-17(3)21(20)23-22(25)19-11-9-18(10-12-19)15-24-13-4-5-14-24/h6-12,16H,4-5,13-15H2,1-3H3,(H,23,25). The van der Waals surface area contributed by atoms with Crippen LogP contribution in [0.25, 0.3) is 0 Å². The first-order valence-electron chi connectivity index (χ1n) is 9.27. The number of hydrogen-bond acceptors (Lipinski definition) is 2. The molecule has 0 bridgehead atoms. The van der Waals surface area contributed by atoms with E-state index in [-0.39, 0.29) is 5.91 Å². The predicted molar refractivity (Wildman–Crippen MR) is 104 cm³/mol. The maximum Gasteiger partial charge on any atom is 0.255 e. The Labute approximate surface area is 151 Å². The Morgan fingerprint density at radius 3 is 2.40 bits per heavy atom. The summed E-state index contributed by atoms with van der Waals surface area (Å²) in [6.07, 6.45) is 2.60. The second kappa shape index (κ2) is 7.83. The number of benzene rings is 2. The summed E-state index contributed by atoms with van der Waals surface area (Å²) in [5, 5.41) is 3.12. The topological polar surface area (TPSA) is 32.3 Å². The lowest BCUT2D eigenvalue weighted by Crippen LogP contribution is -2.18. The molecule has 1 fully saturated rings. The number of nitrogens with zero attached hydrogens (tertiary/aromatic N) is 1. The Morgan fingerprint density at radius 2 is 1.76 bits per heavy atom. The molecule has 1 N–H and O–H groups in total. The first kappa shape index (κ1) is 17.7. The van der Waals surface area contributed by atoms with Crippen molar-refractivity contribution < 1.29 is 4.79 Å². The number of hydrogen-bond donors (Lipinski definition) is 1. The molecule has 2 aromatic carbocycles. The number of rotatable bonds is 5. The molecule has 2 aromatic rings. The van der Waals surface area contributed by atoms with E-state index in [1.165, 1.54) is 37.1 Å². The van der Waals surface area contributed by atoms with Crippen molar-refractivity contribution in [2.75, 3.05) is 18.4 Å². The molecule has 0 spiro atoms. The van der Waals surface area contributed by atoms with Gasteiger partial charge in [-0.3, -0.25) is 9.69 Å². The fourth-order valence-electron chi connectivity index (χ4n) is 3.49. The number of para-hydroxylation sites is 1. The first-order valence-corrected chi connectivity index (χ1v) is 9.27. The maximum atomic E-state index is 12.7. The molecular weight excluding hydrogens is 308 g/mol. The highest BCUT2D eigenvalue weighted by molar-refractivity contribution is 6.05. The minimum absolute atomic E-state index is 0.0380. The van der Waals surface area contributed by atoms with Crippen LogP contribution in [0.4, 0.5) is 5.69 Å². The third-order valence-corrected chi connectivity index (χ3v) is 4.99. The molecule has 132 valence electrons. The van der Waals surface area contributed by atoms with E-state index < -0.39 is 0 Å². The summed E-state index contributed by atoms with van der Waals surface area (Å²) in [5.74, 6) is 0.335. The van der Waals surface area contributed by atoms with Gasteiger partial charge in [-0.2, -0.15) is 0 Å². The average Bonchev–Trinajstić information content (AvgIpc) is 3.10. The smallest absolute Gasteiger partial charge is 0.255 e. The van der Waals surface area contributed by atoms with Crippen molar-refractivity contribution in [1.82, 2.24) is 4.90 Å². The number of carbonyl (C=O) groups is 1. The molecular formula is C22H28N2O. The lowest BCUT2D eigenvalue weighted by atomic mass is 9.98. The quantitative estimate of drug-likeness (QED) is 0.836. The minimum Gasteiger partial charge on any atom is -0.321 e. The molecule has 0 saturated carbocycles. The van der Waals surface area contributed by atoms with Crippen LogP contribution in [-0.4, -0.2) is 23.9 Å². The summed E-state index contributed by atoms with van der Waals surface area (Å²) in [7, 11) is 0. The molecule has 1 amide bonds. The molecule has 0 atom stereocenters. The maximum absolute atomic E-state index is 12.7. The van der Waals surface area contributed by atoms with Crippen molar-refractivity contribution in [3.05, 3.63) is 64.7 Å². The second-order valence-electron chi connectivity index (χ2n) is 7.33. The summed E-state index contributed by atoms with van der Waals surface area (Å²) in [4.78, 5) is 15.1. The third kappa shape index (κ3) is 4.29. The Kier molecular flexibility index (Phi) is 5.54. The van der Waals surface area contributed by atoms with Crippen LogP contribution < -0.4 is 5.32 Å². The predicted octanol–water partition coefficient (Wildman–Crippen LogP) is 4.97. The van der Waals surface area contributed by atoms with E-state index in [9.17, 15) is 4.79 Å². The second-order valence-corrected chi connectivity index (χ2v) is 7.33. The van der Waals surface area contributed by atoms with Gasteiger partial charge in [-0.1, -0.05) is 44.2 Å². The van der Waals surface area contributed by atoms with Gasteiger partial charge in [-0.25, -0.2) is 0 Å². The summed E-state index contributed by atoms with van der Waals surface area (Å²) in [6, 6.07) is 14.2. The van der Waals surface area contributed by atoms with Crippen molar-refractivity contribution in [2.45, 2.75) is 46.1 Å². The number of nitrogens with one attached hydrogen (secondary N) is 1. The van der Waals surface area contributed by atoms with Crippen molar-refractivity contribution in [3.63, 3.8) is 0 Å². The Hall–Kier alpha value is -2.13. The molecule has 1 heterocycles. The van der Waals surface area contributed by atoms with Crippen molar-refractivity contribution >= 4 is 11.6 Å². The van der Waals surface area contributed by atoms with Crippen LogP contribution >= 0.6 is 0 Å². The van der Waals surface area contributed by atoms with Crippen LogP contribution in [0.15, 0.2) is 42.5 Å².